The van der Waals surface area contributed by atoms with Crippen molar-refractivity contribution in [3.8, 4) is 92.6 Å². The van der Waals surface area contributed by atoms with Crippen LogP contribution in [0.2, 0.25) is 0 Å². The van der Waals surface area contributed by atoms with E-state index in [4.69, 9.17) is 18.9 Å². The number of methoxy groups -OCH3 is 4. The Morgan fingerprint density at radius 1 is 0.286 bits per heavy atom. The van der Waals surface area contributed by atoms with Gasteiger partial charge in [-0.05, 0) is 212 Å². The summed E-state index contributed by atoms with van der Waals surface area (Å²) in [5.74, 6) is 30.4. The van der Waals surface area contributed by atoms with Crippen LogP contribution in [-0.2, 0) is 10.8 Å². The number of ketones is 2. The fraction of sp³-hybridized carbons (Fsp3) is 0.154. The fourth-order valence-electron chi connectivity index (χ4n) is 10.4. The first-order valence-electron chi connectivity index (χ1n) is 27.7. The molecule has 10 aromatic rings. The highest BCUT2D eigenvalue weighted by molar-refractivity contribution is 6.30. The molecule has 0 aliphatic heterocycles. The van der Waals surface area contributed by atoms with E-state index in [1.54, 1.807) is 28.4 Å². The van der Waals surface area contributed by atoms with Gasteiger partial charge in [-0.2, -0.15) is 0 Å². The minimum atomic E-state index is -0.228. The van der Waals surface area contributed by atoms with E-state index in [-0.39, 0.29) is 22.4 Å². The fourth-order valence-corrected chi connectivity index (χ4v) is 10.4. The molecule has 0 aromatic heterocycles. The molecule has 0 heterocycles. The van der Waals surface area contributed by atoms with Gasteiger partial charge in [-0.25, -0.2) is 0 Å². The third kappa shape index (κ3) is 11.5. The molecule has 0 bridgehead atoms. The Morgan fingerprint density at radius 2 is 0.536 bits per heavy atom. The second-order valence-corrected chi connectivity index (χ2v) is 22.9. The van der Waals surface area contributed by atoms with Crippen LogP contribution < -0.4 is 18.9 Å². The lowest BCUT2D eigenvalue weighted by molar-refractivity contribution is 0.0979. The maximum atomic E-state index is 15.1. The molecule has 0 unspecified atom stereocenters. The molecule has 0 spiro atoms. The molecule has 1 aliphatic rings. The standard InChI is InChI=1S/C78H60O6/c1-77(2,3)63-41-57(23-11-49-15-31-65(81-7)32-16-49)73(58(42-63)24-12-50-17-33-66(82-8)34-18-50)55-29-27-53-45-69-71(47-61(53)39-55)76(80)72-48-62-40-56(30-28-54(62)46-70(72)75(69)79)74-59(25-13-51-19-35-67(83-9)36-20-51)43-64(78(4,5)6)44-60(74)26-14-52-21-37-68(84-10)38-22-52/h15-22,27-48H,1-10H3. The van der Waals surface area contributed by atoms with Crippen molar-refractivity contribution < 1.29 is 28.5 Å². The largest absolute Gasteiger partial charge is 0.497 e. The summed E-state index contributed by atoms with van der Waals surface area (Å²) in [6.07, 6.45) is 0. The van der Waals surface area contributed by atoms with Gasteiger partial charge >= 0.3 is 0 Å². The number of fused-ring (bicyclic) bond motifs is 4. The average Bonchev–Trinajstić information content (AvgIpc) is 3.00. The SMILES string of the molecule is COc1ccc(C#Cc2cc(C(C)(C)C)cc(C#Cc3ccc(OC)cc3)c2-c2ccc3cc4c(cc3c2)C(=O)c2cc3cc(-c5c(C#Cc6ccc(OC)cc6)cc(C(C)(C)C)cc5C#Cc5ccc(OC)cc5)ccc3cc2C4=O)cc1. The first-order chi connectivity index (χ1) is 40.5. The highest BCUT2D eigenvalue weighted by Gasteiger charge is 2.31. The summed E-state index contributed by atoms with van der Waals surface area (Å²) in [7, 11) is 6.58. The first kappa shape index (κ1) is 55.4. The highest BCUT2D eigenvalue weighted by Crippen LogP contribution is 2.40. The van der Waals surface area contributed by atoms with E-state index in [2.05, 4.69) is 137 Å². The summed E-state index contributed by atoms with van der Waals surface area (Å²) in [5, 5.41) is 3.24. The lowest BCUT2D eigenvalue weighted by Crippen LogP contribution is -2.21. The zero-order chi connectivity index (χ0) is 58.9. The van der Waals surface area contributed by atoms with Crippen molar-refractivity contribution in [3.63, 3.8) is 0 Å². The van der Waals surface area contributed by atoms with Gasteiger partial charge in [0, 0.05) is 77.9 Å². The van der Waals surface area contributed by atoms with Gasteiger partial charge in [0.1, 0.15) is 23.0 Å². The second-order valence-electron chi connectivity index (χ2n) is 22.9. The Balaban J connectivity index is 1.04. The third-order valence-electron chi connectivity index (χ3n) is 15.2. The van der Waals surface area contributed by atoms with Crippen molar-refractivity contribution >= 4 is 33.1 Å². The second kappa shape index (κ2) is 22.8. The summed E-state index contributed by atoms with van der Waals surface area (Å²) in [4.78, 5) is 29.9. The van der Waals surface area contributed by atoms with Gasteiger partial charge in [0.2, 0.25) is 0 Å². The summed E-state index contributed by atoms with van der Waals surface area (Å²) < 4.78 is 21.7. The molecule has 10 aromatic carbocycles. The molecule has 6 nitrogen and oxygen atoms in total. The lowest BCUT2D eigenvalue weighted by atomic mass is 9.80. The predicted molar refractivity (Wildman–Crippen MR) is 339 cm³/mol. The molecule has 0 amide bonds. The molecule has 0 fully saturated rings. The summed E-state index contributed by atoms with van der Waals surface area (Å²) >= 11 is 0. The number of hydrogen-bond donors (Lipinski definition) is 0. The van der Waals surface area contributed by atoms with Gasteiger partial charge in [0.05, 0.1) is 28.4 Å². The summed E-state index contributed by atoms with van der Waals surface area (Å²) in [6.45, 7) is 13.1. The van der Waals surface area contributed by atoms with Crippen molar-refractivity contribution in [2.75, 3.05) is 28.4 Å². The summed E-state index contributed by atoms with van der Waals surface area (Å²) in [5.41, 5.74) is 13.1. The number of hydrogen-bond acceptors (Lipinski definition) is 6. The zero-order valence-corrected chi connectivity index (χ0v) is 48.8. The van der Waals surface area contributed by atoms with Crippen LogP contribution >= 0.6 is 0 Å². The number of carbonyl (C=O) groups excluding carboxylic acids is 2. The number of ether oxygens (including phenoxy) is 4. The molecule has 6 heteroatoms. The Kier molecular flexibility index (Phi) is 15.0. The van der Waals surface area contributed by atoms with Crippen molar-refractivity contribution in [2.45, 2.75) is 52.4 Å². The van der Waals surface area contributed by atoms with E-state index in [0.29, 0.717) is 22.3 Å². The number of rotatable bonds is 6. The van der Waals surface area contributed by atoms with Gasteiger partial charge in [-0.3, -0.25) is 9.59 Å². The van der Waals surface area contributed by atoms with Crippen LogP contribution in [0.3, 0.4) is 0 Å². The molecule has 0 saturated carbocycles. The quantitative estimate of drug-likeness (QED) is 0.155. The van der Waals surface area contributed by atoms with Crippen molar-refractivity contribution in [2.24, 2.45) is 0 Å². The highest BCUT2D eigenvalue weighted by atomic mass is 16.5. The molecule has 408 valence electrons. The third-order valence-corrected chi connectivity index (χ3v) is 15.2. The van der Waals surface area contributed by atoms with Crippen molar-refractivity contribution in [3.05, 3.63) is 260 Å². The van der Waals surface area contributed by atoms with Gasteiger partial charge in [-0.1, -0.05) is 113 Å². The monoisotopic (exact) mass is 1090 g/mol. The predicted octanol–water partition coefficient (Wildman–Crippen LogP) is 16.3. The molecule has 84 heavy (non-hydrogen) atoms. The van der Waals surface area contributed by atoms with E-state index in [9.17, 15) is 4.79 Å². The van der Waals surface area contributed by atoms with E-state index < -0.39 is 0 Å². The van der Waals surface area contributed by atoms with E-state index in [0.717, 1.165) is 122 Å². The van der Waals surface area contributed by atoms with Crippen LogP contribution in [-0.4, -0.2) is 40.0 Å². The Morgan fingerprint density at radius 3 is 0.774 bits per heavy atom. The van der Waals surface area contributed by atoms with E-state index in [1.807, 2.05) is 133 Å². The topological polar surface area (TPSA) is 71.1 Å². The maximum Gasteiger partial charge on any atom is 0.194 e. The van der Waals surface area contributed by atoms with Gasteiger partial charge < -0.3 is 18.9 Å². The molecule has 1 aliphatic carbocycles. The molecular weight excluding hydrogens is 1030 g/mol. The van der Waals surface area contributed by atoms with E-state index in [1.165, 1.54) is 0 Å². The number of carbonyl (C=O) groups is 2. The normalized spacial score (nSPS) is 11.6. The smallest absolute Gasteiger partial charge is 0.194 e. The zero-order valence-electron chi connectivity index (χ0n) is 48.8. The van der Waals surface area contributed by atoms with Crippen LogP contribution in [0.1, 0.15) is 129 Å². The molecule has 0 radical (unpaired) electrons. The minimum Gasteiger partial charge on any atom is -0.497 e. The van der Waals surface area contributed by atoms with Crippen LogP contribution in [0.25, 0.3) is 43.8 Å². The van der Waals surface area contributed by atoms with Crippen LogP contribution in [0.15, 0.2) is 182 Å². The Labute approximate surface area is 492 Å². The summed E-state index contributed by atoms with van der Waals surface area (Å²) in [6, 6.07) is 59.1. The van der Waals surface area contributed by atoms with Gasteiger partial charge in [0.25, 0.3) is 0 Å². The van der Waals surface area contributed by atoms with Gasteiger partial charge in [0.15, 0.2) is 11.6 Å². The van der Waals surface area contributed by atoms with Crippen LogP contribution in [0, 0.1) is 47.4 Å². The molecular formula is C78H60O6. The molecule has 0 N–H and O–H groups in total. The van der Waals surface area contributed by atoms with Crippen molar-refractivity contribution in [1.29, 1.82) is 0 Å². The molecule has 11 rings (SSSR count). The maximum absolute atomic E-state index is 15.1. The minimum absolute atomic E-state index is 0.202. The number of benzene rings is 10. The molecule has 0 atom stereocenters. The van der Waals surface area contributed by atoms with Crippen LogP contribution in [0.5, 0.6) is 23.0 Å². The van der Waals surface area contributed by atoms with E-state index >= 15 is 4.79 Å². The molecule has 0 saturated heterocycles. The first-order valence-corrected chi connectivity index (χ1v) is 27.7. The van der Waals surface area contributed by atoms with Gasteiger partial charge in [-0.15, -0.1) is 0 Å². The lowest BCUT2D eigenvalue weighted by Gasteiger charge is -2.22. The van der Waals surface area contributed by atoms with Crippen molar-refractivity contribution in [1.82, 2.24) is 0 Å². The Bertz CT molecular complexity index is 4090. The van der Waals surface area contributed by atoms with Crippen LogP contribution in [0.4, 0.5) is 0 Å². The Hall–Kier alpha value is -10.5. The average molecular weight is 1090 g/mol.